The largest absolute Gasteiger partial charge is 0.417 e. The Hall–Kier alpha value is -2.74. The third kappa shape index (κ3) is 3.60. The number of rotatable bonds is 6. The van der Waals surface area contributed by atoms with Crippen LogP contribution in [-0.2, 0) is 13.0 Å². The Morgan fingerprint density at radius 2 is 2.33 bits per heavy atom. The lowest BCUT2D eigenvalue weighted by atomic mass is 10.3. The predicted octanol–water partition coefficient (Wildman–Crippen LogP) is 2.91. The van der Waals surface area contributed by atoms with Gasteiger partial charge in [-0.2, -0.15) is 5.10 Å². The van der Waals surface area contributed by atoms with Crippen molar-refractivity contribution >= 4 is 17.2 Å². The molecule has 0 unspecified atom stereocenters. The van der Waals surface area contributed by atoms with Crippen LogP contribution in [0.25, 0.3) is 10.6 Å². The Morgan fingerprint density at radius 1 is 1.46 bits per heavy atom. The SMILES string of the molecule is CC=CCc1nnc(C(=O)N(C)Cc2cc(-c3cccs3)n[nH]2)o1. The third-order valence-corrected chi connectivity index (χ3v) is 4.23. The summed E-state index contributed by atoms with van der Waals surface area (Å²) in [5, 5.41) is 16.9. The Kier molecular flexibility index (Phi) is 4.85. The van der Waals surface area contributed by atoms with E-state index in [1.54, 1.807) is 18.4 Å². The van der Waals surface area contributed by atoms with Gasteiger partial charge in [0, 0.05) is 13.5 Å². The van der Waals surface area contributed by atoms with Crippen molar-refractivity contribution in [3.8, 4) is 10.6 Å². The van der Waals surface area contributed by atoms with Gasteiger partial charge >= 0.3 is 11.8 Å². The van der Waals surface area contributed by atoms with Gasteiger partial charge in [-0.05, 0) is 24.4 Å². The van der Waals surface area contributed by atoms with Gasteiger partial charge in [0.15, 0.2) is 0 Å². The summed E-state index contributed by atoms with van der Waals surface area (Å²) in [7, 11) is 1.68. The quantitative estimate of drug-likeness (QED) is 0.695. The molecule has 0 saturated heterocycles. The molecule has 0 fully saturated rings. The molecule has 24 heavy (non-hydrogen) atoms. The number of aromatic nitrogens is 4. The van der Waals surface area contributed by atoms with Crippen molar-refractivity contribution in [1.82, 2.24) is 25.3 Å². The maximum atomic E-state index is 12.4. The number of carbonyl (C=O) groups excluding carboxylic acids is 1. The molecule has 0 atom stereocenters. The molecule has 0 aliphatic rings. The molecule has 1 amide bonds. The predicted molar refractivity (Wildman–Crippen MR) is 90.5 cm³/mol. The van der Waals surface area contributed by atoms with Crippen LogP contribution in [0.15, 0.2) is 40.1 Å². The minimum absolute atomic E-state index is 0.00463. The summed E-state index contributed by atoms with van der Waals surface area (Å²) >= 11 is 1.62. The zero-order valence-electron chi connectivity index (χ0n) is 13.4. The zero-order valence-corrected chi connectivity index (χ0v) is 14.2. The first-order chi connectivity index (χ1) is 11.7. The molecular formula is C16H17N5O2S. The second-order valence-corrected chi connectivity index (χ2v) is 6.14. The molecule has 124 valence electrons. The highest BCUT2D eigenvalue weighted by molar-refractivity contribution is 7.13. The molecule has 8 heteroatoms. The number of hydrogen-bond acceptors (Lipinski definition) is 6. The number of H-pyrrole nitrogens is 1. The molecule has 0 aliphatic heterocycles. The van der Waals surface area contributed by atoms with Crippen LogP contribution in [0.2, 0.25) is 0 Å². The van der Waals surface area contributed by atoms with Crippen LogP contribution in [0, 0.1) is 0 Å². The molecule has 0 aliphatic carbocycles. The summed E-state index contributed by atoms with van der Waals surface area (Å²) in [5.41, 5.74) is 1.70. The van der Waals surface area contributed by atoms with Gasteiger partial charge in [-0.25, -0.2) is 0 Å². The number of nitrogens with zero attached hydrogens (tertiary/aromatic N) is 4. The van der Waals surface area contributed by atoms with Gasteiger partial charge in [-0.1, -0.05) is 18.2 Å². The molecule has 3 aromatic heterocycles. The van der Waals surface area contributed by atoms with Crippen molar-refractivity contribution < 1.29 is 9.21 Å². The number of aromatic amines is 1. The second-order valence-electron chi connectivity index (χ2n) is 5.19. The number of thiophene rings is 1. The van der Waals surface area contributed by atoms with Gasteiger partial charge in [0.1, 0.15) is 5.69 Å². The Labute approximate surface area is 143 Å². The fraction of sp³-hybridized carbons (Fsp3) is 0.250. The molecule has 0 spiro atoms. The van der Waals surface area contributed by atoms with E-state index in [2.05, 4.69) is 20.4 Å². The smallest absolute Gasteiger partial charge is 0.311 e. The standard InChI is InChI=1S/C16H17N5O2S/c1-3-4-7-14-19-20-15(23-14)16(22)21(2)10-11-9-12(18-17-11)13-6-5-8-24-13/h3-6,8-9H,7,10H2,1-2H3,(H,17,18). The van der Waals surface area contributed by atoms with Gasteiger partial charge < -0.3 is 9.32 Å². The molecule has 0 aromatic carbocycles. The van der Waals surface area contributed by atoms with Crippen LogP contribution in [-0.4, -0.2) is 38.2 Å². The fourth-order valence-corrected chi connectivity index (χ4v) is 2.81. The van der Waals surface area contributed by atoms with Crippen LogP contribution in [0.3, 0.4) is 0 Å². The van der Waals surface area contributed by atoms with E-state index in [0.29, 0.717) is 18.9 Å². The average molecular weight is 343 g/mol. The van der Waals surface area contributed by atoms with Gasteiger partial charge in [-0.3, -0.25) is 9.89 Å². The van der Waals surface area contributed by atoms with Crippen molar-refractivity contribution in [3.63, 3.8) is 0 Å². The number of nitrogens with one attached hydrogen (secondary N) is 1. The lowest BCUT2D eigenvalue weighted by molar-refractivity contribution is 0.0742. The summed E-state index contributed by atoms with van der Waals surface area (Å²) < 4.78 is 5.38. The zero-order chi connectivity index (χ0) is 16.9. The van der Waals surface area contributed by atoms with E-state index in [-0.39, 0.29) is 11.8 Å². The van der Waals surface area contributed by atoms with Crippen LogP contribution in [0.4, 0.5) is 0 Å². The molecule has 0 bridgehead atoms. The van der Waals surface area contributed by atoms with Gasteiger partial charge in [0.25, 0.3) is 0 Å². The maximum Gasteiger partial charge on any atom is 0.311 e. The maximum absolute atomic E-state index is 12.4. The molecular weight excluding hydrogens is 326 g/mol. The van der Waals surface area contributed by atoms with Crippen molar-refractivity contribution in [3.05, 3.63) is 53.2 Å². The summed E-state index contributed by atoms with van der Waals surface area (Å²) in [6.07, 6.45) is 4.30. The van der Waals surface area contributed by atoms with Crippen LogP contribution in [0.1, 0.15) is 29.2 Å². The minimum atomic E-state index is -0.318. The van der Waals surface area contributed by atoms with Crippen LogP contribution < -0.4 is 0 Å². The number of hydrogen-bond donors (Lipinski definition) is 1. The van der Waals surface area contributed by atoms with E-state index in [1.807, 2.05) is 42.7 Å². The highest BCUT2D eigenvalue weighted by Crippen LogP contribution is 2.23. The van der Waals surface area contributed by atoms with Crippen molar-refractivity contribution in [2.45, 2.75) is 19.9 Å². The molecule has 7 nitrogen and oxygen atoms in total. The monoisotopic (exact) mass is 343 g/mol. The normalized spacial score (nSPS) is 11.2. The Morgan fingerprint density at radius 3 is 3.08 bits per heavy atom. The summed E-state index contributed by atoms with van der Waals surface area (Å²) in [6, 6.07) is 5.91. The van der Waals surface area contributed by atoms with E-state index >= 15 is 0 Å². The van der Waals surface area contributed by atoms with E-state index in [0.717, 1.165) is 16.3 Å². The molecule has 3 heterocycles. The highest BCUT2D eigenvalue weighted by Gasteiger charge is 2.20. The molecule has 1 N–H and O–H groups in total. The van der Waals surface area contributed by atoms with Crippen LogP contribution in [0.5, 0.6) is 0 Å². The lowest BCUT2D eigenvalue weighted by Gasteiger charge is -2.13. The number of amides is 1. The number of carbonyl (C=O) groups is 1. The van der Waals surface area contributed by atoms with E-state index < -0.39 is 0 Å². The van der Waals surface area contributed by atoms with Gasteiger partial charge in [-0.15, -0.1) is 21.5 Å². The topological polar surface area (TPSA) is 87.9 Å². The summed E-state index contributed by atoms with van der Waals surface area (Å²) in [5.74, 6) is 0.0999. The van der Waals surface area contributed by atoms with Crippen LogP contribution >= 0.6 is 11.3 Å². The lowest BCUT2D eigenvalue weighted by Crippen LogP contribution is -2.26. The van der Waals surface area contributed by atoms with E-state index in [4.69, 9.17) is 4.42 Å². The first-order valence-electron chi connectivity index (χ1n) is 7.44. The molecule has 0 saturated carbocycles. The molecule has 3 rings (SSSR count). The van der Waals surface area contributed by atoms with Crippen molar-refractivity contribution in [2.75, 3.05) is 7.05 Å². The fourth-order valence-electron chi connectivity index (χ4n) is 2.12. The molecule has 0 radical (unpaired) electrons. The first kappa shape index (κ1) is 16.1. The third-order valence-electron chi connectivity index (χ3n) is 3.34. The van der Waals surface area contributed by atoms with Crippen molar-refractivity contribution in [2.24, 2.45) is 0 Å². The Balaban J connectivity index is 1.65. The van der Waals surface area contributed by atoms with E-state index in [9.17, 15) is 4.79 Å². The summed E-state index contributed by atoms with van der Waals surface area (Å²) in [6.45, 7) is 2.29. The second kappa shape index (κ2) is 7.22. The average Bonchev–Trinajstić information content (AvgIpc) is 3.32. The van der Waals surface area contributed by atoms with Gasteiger partial charge in [0.05, 0.1) is 17.1 Å². The van der Waals surface area contributed by atoms with E-state index in [1.165, 1.54) is 4.90 Å². The highest BCUT2D eigenvalue weighted by atomic mass is 32.1. The first-order valence-corrected chi connectivity index (χ1v) is 8.32. The number of allylic oxidation sites excluding steroid dienone is 2. The Bertz CT molecular complexity index is 834. The van der Waals surface area contributed by atoms with Gasteiger partial charge in [0.2, 0.25) is 5.89 Å². The molecule has 3 aromatic rings. The summed E-state index contributed by atoms with van der Waals surface area (Å²) in [4.78, 5) is 14.9. The van der Waals surface area contributed by atoms with Crippen molar-refractivity contribution in [1.29, 1.82) is 0 Å². The minimum Gasteiger partial charge on any atom is -0.417 e.